The third-order valence-electron chi connectivity index (χ3n) is 2.83. The van der Waals surface area contributed by atoms with Gasteiger partial charge in [-0.15, -0.1) is 0 Å². The molecule has 0 amide bonds. The zero-order valence-electron chi connectivity index (χ0n) is 11.4. The highest BCUT2D eigenvalue weighted by Crippen LogP contribution is 2.26. The minimum Gasteiger partial charge on any atom is -0.345 e. The number of carbonyl (C=O) groups excluding carboxylic acids is 1. The van der Waals surface area contributed by atoms with Crippen LogP contribution in [0.1, 0.15) is 25.8 Å². The van der Waals surface area contributed by atoms with E-state index in [-0.39, 0.29) is 11.0 Å². The van der Waals surface area contributed by atoms with E-state index in [4.69, 9.17) is 9.47 Å². The summed E-state index contributed by atoms with van der Waals surface area (Å²) >= 11 is 1.79. The highest BCUT2D eigenvalue weighted by molar-refractivity contribution is 8.00. The average Bonchev–Trinajstić information content (AvgIpc) is 2.38. The maximum atomic E-state index is 11.9. The Morgan fingerprint density at radius 1 is 1.37 bits per heavy atom. The molecule has 1 heterocycles. The van der Waals surface area contributed by atoms with E-state index in [0.717, 1.165) is 5.56 Å². The van der Waals surface area contributed by atoms with Crippen LogP contribution < -0.4 is 0 Å². The molecule has 0 bridgehead atoms. The van der Waals surface area contributed by atoms with Crippen molar-refractivity contribution < 1.29 is 14.3 Å². The molecule has 1 aliphatic heterocycles. The summed E-state index contributed by atoms with van der Waals surface area (Å²) in [7, 11) is 0. The van der Waals surface area contributed by atoms with Crippen LogP contribution in [0.4, 0.5) is 0 Å². The Bertz CT molecular complexity index is 405. The van der Waals surface area contributed by atoms with Crippen molar-refractivity contribution in [3.63, 3.8) is 0 Å². The van der Waals surface area contributed by atoms with E-state index >= 15 is 0 Å². The summed E-state index contributed by atoms with van der Waals surface area (Å²) in [5.74, 6) is 0.0559. The molecule has 1 aliphatic rings. The minimum absolute atomic E-state index is 0.0559. The molecular formula is C15H20O3S. The van der Waals surface area contributed by atoms with Crippen LogP contribution >= 0.6 is 11.8 Å². The molecule has 1 fully saturated rings. The third kappa shape index (κ3) is 4.64. The van der Waals surface area contributed by atoms with Gasteiger partial charge in [-0.1, -0.05) is 44.2 Å². The molecule has 0 N–H and O–H groups in total. The van der Waals surface area contributed by atoms with E-state index < -0.39 is 6.29 Å². The van der Waals surface area contributed by atoms with Gasteiger partial charge in [0.25, 0.3) is 0 Å². The number of rotatable bonds is 5. The standard InChI is InChI=1S/C15H20O3S/c1-11(2)19-13-8-14(16)15(18-10-13)17-9-12-6-4-3-5-7-12/h3-7,11,13,15H,8-10H2,1-2H3/t13-,15+/m0/s1. The monoisotopic (exact) mass is 280 g/mol. The first-order valence-electron chi connectivity index (χ1n) is 6.60. The van der Waals surface area contributed by atoms with Gasteiger partial charge in [0, 0.05) is 11.7 Å². The number of ether oxygens (including phenoxy) is 2. The molecule has 4 heteroatoms. The Labute approximate surface area is 118 Å². The van der Waals surface area contributed by atoms with Crippen LogP contribution in [0.3, 0.4) is 0 Å². The van der Waals surface area contributed by atoms with Gasteiger partial charge < -0.3 is 9.47 Å². The third-order valence-corrected chi connectivity index (χ3v) is 4.07. The van der Waals surface area contributed by atoms with Crippen LogP contribution in [0.2, 0.25) is 0 Å². The van der Waals surface area contributed by atoms with Crippen molar-refractivity contribution in [3.8, 4) is 0 Å². The van der Waals surface area contributed by atoms with Crippen molar-refractivity contribution >= 4 is 17.5 Å². The number of hydrogen-bond donors (Lipinski definition) is 0. The Hall–Kier alpha value is -0.840. The molecular weight excluding hydrogens is 260 g/mol. The molecule has 2 atom stereocenters. The Kier molecular flexibility index (Phi) is 5.43. The van der Waals surface area contributed by atoms with Crippen LogP contribution in [0.15, 0.2) is 30.3 Å². The van der Waals surface area contributed by atoms with Crippen molar-refractivity contribution in [2.45, 2.75) is 43.7 Å². The fourth-order valence-corrected chi connectivity index (χ4v) is 3.21. The summed E-state index contributed by atoms with van der Waals surface area (Å²) < 4.78 is 11.1. The first-order valence-corrected chi connectivity index (χ1v) is 7.54. The first kappa shape index (κ1) is 14.6. The lowest BCUT2D eigenvalue weighted by Gasteiger charge is -2.28. The second-order valence-electron chi connectivity index (χ2n) is 4.94. The van der Waals surface area contributed by atoms with Crippen LogP contribution in [-0.4, -0.2) is 29.2 Å². The molecule has 1 aromatic rings. The lowest BCUT2D eigenvalue weighted by atomic mass is 10.2. The topological polar surface area (TPSA) is 35.5 Å². The van der Waals surface area contributed by atoms with Gasteiger partial charge in [0.1, 0.15) is 0 Å². The van der Waals surface area contributed by atoms with E-state index in [0.29, 0.717) is 24.9 Å². The minimum atomic E-state index is -0.691. The van der Waals surface area contributed by atoms with Crippen LogP contribution in [0.5, 0.6) is 0 Å². The van der Waals surface area contributed by atoms with Crippen LogP contribution in [0, 0.1) is 0 Å². The molecule has 0 aliphatic carbocycles. The van der Waals surface area contributed by atoms with Gasteiger partial charge in [-0.3, -0.25) is 4.79 Å². The quantitative estimate of drug-likeness (QED) is 0.830. The molecule has 19 heavy (non-hydrogen) atoms. The number of thioether (sulfide) groups is 1. The lowest BCUT2D eigenvalue weighted by molar-refractivity contribution is -0.181. The number of carbonyl (C=O) groups is 1. The van der Waals surface area contributed by atoms with E-state index in [2.05, 4.69) is 13.8 Å². The fourth-order valence-electron chi connectivity index (χ4n) is 2.03. The molecule has 2 rings (SSSR count). The Morgan fingerprint density at radius 3 is 2.74 bits per heavy atom. The van der Waals surface area contributed by atoms with Crippen molar-refractivity contribution in [3.05, 3.63) is 35.9 Å². The SMILES string of the molecule is CC(C)S[C@@H]1CO[C@@H](OCc2ccccc2)C(=O)C1. The molecule has 0 saturated carbocycles. The van der Waals surface area contributed by atoms with Crippen molar-refractivity contribution in [2.24, 2.45) is 0 Å². The molecule has 3 nitrogen and oxygen atoms in total. The van der Waals surface area contributed by atoms with Gasteiger partial charge >= 0.3 is 0 Å². The van der Waals surface area contributed by atoms with Gasteiger partial charge in [0.15, 0.2) is 5.78 Å². The van der Waals surface area contributed by atoms with Gasteiger partial charge in [-0.2, -0.15) is 11.8 Å². The largest absolute Gasteiger partial charge is 0.345 e. The van der Waals surface area contributed by atoms with Gasteiger partial charge in [-0.25, -0.2) is 0 Å². The van der Waals surface area contributed by atoms with E-state index in [1.807, 2.05) is 30.3 Å². The van der Waals surface area contributed by atoms with Crippen molar-refractivity contribution in [1.82, 2.24) is 0 Å². The summed E-state index contributed by atoms with van der Waals surface area (Å²) in [6.45, 7) is 5.27. The van der Waals surface area contributed by atoms with Crippen molar-refractivity contribution in [1.29, 1.82) is 0 Å². The Morgan fingerprint density at radius 2 is 2.11 bits per heavy atom. The predicted molar refractivity (Wildman–Crippen MR) is 77.1 cm³/mol. The fraction of sp³-hybridized carbons (Fsp3) is 0.533. The average molecular weight is 280 g/mol. The molecule has 1 aromatic carbocycles. The van der Waals surface area contributed by atoms with E-state index in [1.165, 1.54) is 0 Å². The molecule has 0 unspecified atom stereocenters. The molecule has 104 valence electrons. The zero-order chi connectivity index (χ0) is 13.7. The molecule has 0 spiro atoms. The summed E-state index contributed by atoms with van der Waals surface area (Å²) in [4.78, 5) is 11.9. The van der Waals surface area contributed by atoms with Gasteiger partial charge in [0.2, 0.25) is 6.29 Å². The lowest BCUT2D eigenvalue weighted by Crippen LogP contribution is -2.38. The normalized spacial score (nSPS) is 23.8. The number of Topliss-reactive ketones (excluding diaryl/α,β-unsaturated/α-hetero) is 1. The maximum Gasteiger partial charge on any atom is 0.218 e. The first-order chi connectivity index (χ1) is 9.15. The molecule has 0 radical (unpaired) electrons. The molecule has 1 saturated heterocycles. The summed E-state index contributed by atoms with van der Waals surface area (Å²) in [5.41, 5.74) is 1.05. The van der Waals surface area contributed by atoms with E-state index in [9.17, 15) is 4.79 Å². The summed E-state index contributed by atoms with van der Waals surface area (Å²) in [5, 5.41) is 0.785. The smallest absolute Gasteiger partial charge is 0.218 e. The second kappa shape index (κ2) is 7.08. The van der Waals surface area contributed by atoms with E-state index in [1.54, 1.807) is 11.8 Å². The number of benzene rings is 1. The summed E-state index contributed by atoms with van der Waals surface area (Å²) in [6, 6.07) is 9.82. The maximum absolute atomic E-state index is 11.9. The summed E-state index contributed by atoms with van der Waals surface area (Å²) in [6.07, 6.45) is -0.147. The number of hydrogen-bond acceptors (Lipinski definition) is 4. The zero-order valence-corrected chi connectivity index (χ0v) is 12.2. The molecule has 0 aromatic heterocycles. The van der Waals surface area contributed by atoms with Gasteiger partial charge in [-0.05, 0) is 10.8 Å². The highest BCUT2D eigenvalue weighted by atomic mass is 32.2. The predicted octanol–water partition coefficient (Wildman–Crippen LogP) is 3.03. The van der Waals surface area contributed by atoms with Gasteiger partial charge in [0.05, 0.1) is 13.2 Å². The van der Waals surface area contributed by atoms with Crippen LogP contribution in [0.25, 0.3) is 0 Å². The van der Waals surface area contributed by atoms with Crippen LogP contribution in [-0.2, 0) is 20.9 Å². The van der Waals surface area contributed by atoms with Crippen molar-refractivity contribution in [2.75, 3.05) is 6.61 Å². The number of ketones is 1. The second-order valence-corrected chi connectivity index (χ2v) is 6.82. The highest BCUT2D eigenvalue weighted by Gasteiger charge is 2.30. The Balaban J connectivity index is 1.79.